The highest BCUT2D eigenvalue weighted by Gasteiger charge is 2.44. The maximum atomic E-state index is 13.6. The van der Waals surface area contributed by atoms with Gasteiger partial charge in [-0.25, -0.2) is 4.79 Å². The first-order chi connectivity index (χ1) is 22.1. The molecule has 264 valence electrons. The molecule has 2 aromatic carbocycles. The minimum atomic E-state index is -5.04. The van der Waals surface area contributed by atoms with Crippen molar-refractivity contribution in [2.75, 3.05) is 20.7 Å². The molecular formula is C35H42F6N2O5. The molecule has 2 aromatic rings. The number of ether oxygens (including phenoxy) is 2. The molecule has 13 heteroatoms. The Hall–Kier alpha value is -3.74. The van der Waals surface area contributed by atoms with Crippen molar-refractivity contribution in [3.8, 4) is 5.75 Å². The van der Waals surface area contributed by atoms with Gasteiger partial charge in [0.15, 0.2) is 0 Å². The van der Waals surface area contributed by atoms with Crippen molar-refractivity contribution in [1.29, 1.82) is 0 Å². The minimum Gasteiger partial charge on any atom is -0.496 e. The van der Waals surface area contributed by atoms with Gasteiger partial charge in [-0.2, -0.15) is 26.3 Å². The fraction of sp³-hybridized carbons (Fsp3) is 0.543. The van der Waals surface area contributed by atoms with Crippen LogP contribution < -0.4 is 4.74 Å². The molecule has 0 aromatic heterocycles. The highest BCUT2D eigenvalue weighted by molar-refractivity contribution is 5.77. The maximum Gasteiger partial charge on any atom is 0.416 e. The number of methoxy groups -OCH3 is 1. The van der Waals surface area contributed by atoms with E-state index in [0.717, 1.165) is 28.7 Å². The number of halogens is 6. The first kappa shape index (κ1) is 37.1. The van der Waals surface area contributed by atoms with Gasteiger partial charge >= 0.3 is 24.4 Å². The number of hydrogen-bond acceptors (Lipinski definition) is 5. The van der Waals surface area contributed by atoms with Crippen LogP contribution in [-0.4, -0.2) is 59.8 Å². The summed E-state index contributed by atoms with van der Waals surface area (Å²) in [5.74, 6) is -0.488. The third-order valence-electron chi connectivity index (χ3n) is 9.24. The van der Waals surface area contributed by atoms with Crippen LogP contribution in [-0.2, 0) is 28.4 Å². The van der Waals surface area contributed by atoms with Gasteiger partial charge in [0, 0.05) is 18.7 Å². The van der Waals surface area contributed by atoms with Crippen LogP contribution >= 0.6 is 0 Å². The molecule has 0 spiro atoms. The molecule has 2 aliphatic rings. The van der Waals surface area contributed by atoms with E-state index in [1.54, 1.807) is 18.9 Å². The maximum absolute atomic E-state index is 13.6. The van der Waals surface area contributed by atoms with Crippen LogP contribution in [0.3, 0.4) is 0 Å². The molecule has 0 bridgehead atoms. The Morgan fingerprint density at radius 3 is 2.21 bits per heavy atom. The predicted octanol–water partition coefficient (Wildman–Crippen LogP) is 8.82. The molecule has 1 unspecified atom stereocenters. The van der Waals surface area contributed by atoms with Crippen molar-refractivity contribution in [3.05, 3.63) is 69.8 Å². The van der Waals surface area contributed by atoms with E-state index in [4.69, 9.17) is 9.47 Å². The van der Waals surface area contributed by atoms with Gasteiger partial charge in [-0.1, -0.05) is 33.8 Å². The lowest BCUT2D eigenvalue weighted by Crippen LogP contribution is -2.41. The fourth-order valence-electron chi connectivity index (χ4n) is 6.86. The number of benzene rings is 2. The molecule has 7 nitrogen and oxygen atoms in total. The van der Waals surface area contributed by atoms with Crippen molar-refractivity contribution in [3.63, 3.8) is 0 Å². The number of alkyl halides is 6. The smallest absolute Gasteiger partial charge is 0.416 e. The average Bonchev–Trinajstić information content (AvgIpc) is 3.23. The minimum absolute atomic E-state index is 0.0437. The highest BCUT2D eigenvalue weighted by atomic mass is 19.4. The Bertz CT molecular complexity index is 1530. The van der Waals surface area contributed by atoms with Crippen LogP contribution in [0.15, 0.2) is 42.0 Å². The summed E-state index contributed by atoms with van der Waals surface area (Å²) in [6, 6.07) is 5.27. The van der Waals surface area contributed by atoms with Crippen molar-refractivity contribution in [2.24, 2.45) is 11.3 Å². The summed E-state index contributed by atoms with van der Waals surface area (Å²) in [5.41, 5.74) is -0.113. The molecule has 1 aliphatic heterocycles. The quantitative estimate of drug-likeness (QED) is 0.252. The Morgan fingerprint density at radius 1 is 1.08 bits per heavy atom. The van der Waals surface area contributed by atoms with Gasteiger partial charge in [0.2, 0.25) is 0 Å². The Morgan fingerprint density at radius 2 is 1.69 bits per heavy atom. The largest absolute Gasteiger partial charge is 0.496 e. The van der Waals surface area contributed by atoms with Gasteiger partial charge in [0.1, 0.15) is 17.9 Å². The molecule has 48 heavy (non-hydrogen) atoms. The predicted molar refractivity (Wildman–Crippen MR) is 167 cm³/mol. The molecule has 1 N–H and O–H groups in total. The third-order valence-corrected chi connectivity index (χ3v) is 9.24. The molecule has 1 aliphatic carbocycles. The molecule has 0 saturated carbocycles. The van der Waals surface area contributed by atoms with Crippen LogP contribution in [0.25, 0.3) is 5.57 Å². The zero-order valence-corrected chi connectivity index (χ0v) is 28.1. The van der Waals surface area contributed by atoms with Gasteiger partial charge in [0.25, 0.3) is 0 Å². The van der Waals surface area contributed by atoms with Crippen molar-refractivity contribution in [2.45, 2.75) is 91.0 Å². The summed E-state index contributed by atoms with van der Waals surface area (Å²) < 4.78 is 92.8. The van der Waals surface area contributed by atoms with E-state index >= 15 is 0 Å². The summed E-state index contributed by atoms with van der Waals surface area (Å²) >= 11 is 0. The summed E-state index contributed by atoms with van der Waals surface area (Å²) in [6.07, 6.45) is -10.3. The molecule has 1 amide bonds. The Balaban J connectivity index is 1.72. The lowest BCUT2D eigenvalue weighted by Gasteiger charge is -2.36. The first-order valence-corrected chi connectivity index (χ1v) is 15.7. The number of cyclic esters (lactones) is 1. The van der Waals surface area contributed by atoms with Crippen molar-refractivity contribution in [1.82, 2.24) is 9.80 Å². The van der Waals surface area contributed by atoms with Crippen molar-refractivity contribution < 1.29 is 50.5 Å². The zero-order chi connectivity index (χ0) is 35.9. The number of aliphatic carboxylic acids is 1. The molecule has 1 heterocycles. The van der Waals surface area contributed by atoms with Crippen LogP contribution in [0.2, 0.25) is 0 Å². The number of hydrogen-bond donors (Lipinski definition) is 1. The van der Waals surface area contributed by atoms with Crippen LogP contribution in [0.4, 0.5) is 31.1 Å². The number of carboxylic acid groups (broad SMARTS) is 1. The van der Waals surface area contributed by atoms with Gasteiger partial charge in [-0.15, -0.1) is 0 Å². The number of amides is 1. The normalized spacial score (nSPS) is 20.8. The lowest BCUT2D eigenvalue weighted by atomic mass is 9.72. The summed E-state index contributed by atoms with van der Waals surface area (Å²) in [4.78, 5) is 28.3. The van der Waals surface area contributed by atoms with Crippen LogP contribution in [0, 0.1) is 11.3 Å². The van der Waals surface area contributed by atoms with E-state index in [1.165, 1.54) is 12.0 Å². The second-order valence-electron chi connectivity index (χ2n) is 13.9. The summed E-state index contributed by atoms with van der Waals surface area (Å²) in [5, 5.41) is 9.77. The average molecular weight is 685 g/mol. The molecule has 1 fully saturated rings. The monoisotopic (exact) mass is 684 g/mol. The van der Waals surface area contributed by atoms with E-state index in [0.29, 0.717) is 37.3 Å². The van der Waals surface area contributed by atoms with E-state index in [-0.39, 0.29) is 23.9 Å². The van der Waals surface area contributed by atoms with E-state index < -0.39 is 59.3 Å². The summed E-state index contributed by atoms with van der Waals surface area (Å²) in [6.45, 7) is 9.78. The number of carboxylic acids is 1. The van der Waals surface area contributed by atoms with E-state index in [2.05, 4.69) is 13.8 Å². The van der Waals surface area contributed by atoms with Crippen LogP contribution in [0.1, 0.15) is 87.8 Å². The number of nitrogens with zero attached hydrogens (tertiary/aromatic N) is 2. The van der Waals surface area contributed by atoms with Gasteiger partial charge < -0.3 is 14.6 Å². The third kappa shape index (κ3) is 8.10. The molecule has 0 radical (unpaired) electrons. The van der Waals surface area contributed by atoms with E-state index in [1.807, 2.05) is 32.0 Å². The molecule has 4 rings (SSSR count). The topological polar surface area (TPSA) is 79.3 Å². The van der Waals surface area contributed by atoms with Gasteiger partial charge in [-0.05, 0) is 97.2 Å². The number of rotatable bonds is 10. The van der Waals surface area contributed by atoms with E-state index in [9.17, 15) is 41.0 Å². The number of carbonyl (C=O) groups is 2. The SMILES string of the molecule is COc1ccc(CN(C)C(C(=O)O)C(C)C)cc1C1=C(CN2C(=O)O[C@H](c3cc(C(F)(F)F)cc(C(F)(F)F)c3)[C@@H]2C)CC(C)(C)CC1. The number of likely N-dealkylation sites (N-methyl/N-ethyl adjacent to an activating group) is 1. The second kappa shape index (κ2) is 13.6. The fourth-order valence-corrected chi connectivity index (χ4v) is 6.86. The zero-order valence-electron chi connectivity index (χ0n) is 28.1. The molecular weight excluding hydrogens is 642 g/mol. The first-order valence-electron chi connectivity index (χ1n) is 15.7. The number of allylic oxidation sites excluding steroid dienone is 1. The van der Waals surface area contributed by atoms with Gasteiger partial charge in [0.05, 0.1) is 24.3 Å². The Labute approximate surface area is 276 Å². The highest BCUT2D eigenvalue weighted by Crippen LogP contribution is 2.47. The molecule has 1 saturated heterocycles. The summed E-state index contributed by atoms with van der Waals surface area (Å²) in [7, 11) is 3.28. The van der Waals surface area contributed by atoms with Crippen LogP contribution in [0.5, 0.6) is 5.75 Å². The van der Waals surface area contributed by atoms with Crippen molar-refractivity contribution >= 4 is 17.6 Å². The lowest BCUT2D eigenvalue weighted by molar-refractivity contribution is -0.145. The second-order valence-corrected chi connectivity index (χ2v) is 13.9. The number of carbonyl (C=O) groups excluding carboxylic acids is 1. The molecule has 3 atom stereocenters. The standard InChI is InChI=1S/C35H42F6N2O5/c1-19(2)29(31(44)45)42(6)17-21-8-9-28(47-7)27(12-21)26-10-11-33(4,5)16-23(26)18-43-20(3)30(48-32(43)46)22-13-24(34(36,37)38)15-25(14-22)35(39,40)41/h8-9,12-15,19-20,29-30H,10-11,16-18H2,1-7H3,(H,44,45)/t20-,29?,30-/m0/s1. The Kier molecular flexibility index (Phi) is 10.5. The van der Waals surface area contributed by atoms with Gasteiger partial charge in [-0.3, -0.25) is 14.6 Å².